The molecule has 178 valence electrons. The second kappa shape index (κ2) is 9.18. The van der Waals surface area contributed by atoms with Gasteiger partial charge in [-0.25, -0.2) is 14.5 Å². The van der Waals surface area contributed by atoms with E-state index in [0.29, 0.717) is 34.8 Å². The lowest BCUT2D eigenvalue weighted by atomic mass is 10.1. The molecule has 1 aromatic carbocycles. The maximum absolute atomic E-state index is 13.0. The molecule has 0 unspecified atom stereocenters. The van der Waals surface area contributed by atoms with Crippen LogP contribution >= 0.6 is 11.3 Å². The van der Waals surface area contributed by atoms with Crippen molar-refractivity contribution >= 4 is 45.7 Å². The Morgan fingerprint density at radius 1 is 1.17 bits per heavy atom. The van der Waals surface area contributed by atoms with Crippen LogP contribution in [-0.2, 0) is 16.1 Å². The van der Waals surface area contributed by atoms with Gasteiger partial charge in [0.15, 0.2) is 29.5 Å². The van der Waals surface area contributed by atoms with Gasteiger partial charge in [-0.05, 0) is 37.4 Å². The zero-order chi connectivity index (χ0) is 24.5. The van der Waals surface area contributed by atoms with E-state index in [9.17, 15) is 14.4 Å². The summed E-state index contributed by atoms with van der Waals surface area (Å²) in [7, 11) is 0. The van der Waals surface area contributed by atoms with Crippen molar-refractivity contribution in [1.29, 1.82) is 0 Å². The topological polar surface area (TPSA) is 122 Å². The van der Waals surface area contributed by atoms with Crippen LogP contribution in [0.3, 0.4) is 0 Å². The summed E-state index contributed by atoms with van der Waals surface area (Å²) in [5.41, 5.74) is 1.95. The monoisotopic (exact) mass is 492 g/mol. The van der Waals surface area contributed by atoms with Gasteiger partial charge in [-0.1, -0.05) is 6.07 Å². The highest BCUT2D eigenvalue weighted by atomic mass is 32.1. The number of rotatable bonds is 7. The first-order valence-electron chi connectivity index (χ1n) is 10.8. The van der Waals surface area contributed by atoms with Crippen LogP contribution in [0, 0.1) is 0 Å². The lowest BCUT2D eigenvalue weighted by Gasteiger charge is -2.11. The molecule has 0 bridgehead atoms. The van der Waals surface area contributed by atoms with Crippen LogP contribution in [-0.4, -0.2) is 45.8 Å². The number of aromatic nitrogens is 3. The van der Waals surface area contributed by atoms with E-state index in [-0.39, 0.29) is 29.4 Å². The van der Waals surface area contributed by atoms with Gasteiger partial charge in [-0.3, -0.25) is 9.59 Å². The summed E-state index contributed by atoms with van der Waals surface area (Å²) in [4.78, 5) is 43.2. The number of aryl methyl sites for hydroxylation is 1. The molecule has 1 amide bonds. The number of benzene rings is 1. The number of esters is 1. The number of nitrogens with one attached hydrogen (secondary N) is 1. The van der Waals surface area contributed by atoms with Gasteiger partial charge in [0.2, 0.25) is 6.79 Å². The van der Waals surface area contributed by atoms with Crippen molar-refractivity contribution in [2.45, 2.75) is 20.4 Å². The second-order valence-electron chi connectivity index (χ2n) is 7.66. The molecule has 10 nitrogen and oxygen atoms in total. The Hall–Kier alpha value is -4.25. The van der Waals surface area contributed by atoms with Crippen molar-refractivity contribution < 1.29 is 28.6 Å². The molecule has 1 aliphatic rings. The first-order valence-corrected chi connectivity index (χ1v) is 11.6. The van der Waals surface area contributed by atoms with Crippen LogP contribution in [0.15, 0.2) is 41.9 Å². The van der Waals surface area contributed by atoms with Crippen molar-refractivity contribution in [1.82, 2.24) is 14.8 Å². The molecule has 3 aromatic heterocycles. The van der Waals surface area contributed by atoms with Crippen LogP contribution in [0.25, 0.3) is 21.6 Å². The Morgan fingerprint density at radius 2 is 1.97 bits per heavy atom. The lowest BCUT2D eigenvalue weighted by Crippen LogP contribution is -2.22. The number of anilines is 1. The maximum Gasteiger partial charge on any atom is 0.339 e. The minimum atomic E-state index is -0.682. The van der Waals surface area contributed by atoms with E-state index in [2.05, 4.69) is 15.4 Å². The van der Waals surface area contributed by atoms with Gasteiger partial charge in [0.1, 0.15) is 0 Å². The van der Waals surface area contributed by atoms with Crippen molar-refractivity contribution in [2.75, 3.05) is 18.7 Å². The number of ether oxygens (including phenoxy) is 3. The average Bonchev–Trinajstić information content (AvgIpc) is 3.61. The highest BCUT2D eigenvalue weighted by molar-refractivity contribution is 7.13. The fraction of sp³-hybridized carbons (Fsp3) is 0.208. The number of thiophene rings is 1. The number of carbonyl (C=O) groups excluding carboxylic acids is 3. The number of pyridine rings is 1. The number of carbonyl (C=O) groups is 3. The number of hydrogen-bond donors (Lipinski definition) is 1. The summed E-state index contributed by atoms with van der Waals surface area (Å²) in [5.74, 6) is -0.707. The quantitative estimate of drug-likeness (QED) is 0.304. The molecular weight excluding hydrogens is 472 g/mol. The summed E-state index contributed by atoms with van der Waals surface area (Å²) in [6.45, 7) is 3.37. The SMILES string of the molecule is CCn1ncc2c(C(=O)OCC(=O)Nc3cc4c(cc3C(C)=O)OCO4)cc(-c3cccs3)nc21. The number of amides is 1. The molecule has 0 aliphatic carbocycles. The molecule has 1 N–H and O–H groups in total. The molecule has 11 heteroatoms. The van der Waals surface area contributed by atoms with E-state index in [0.717, 1.165) is 4.88 Å². The van der Waals surface area contributed by atoms with Crippen molar-refractivity contribution in [3.63, 3.8) is 0 Å². The normalized spacial score (nSPS) is 12.1. The average molecular weight is 493 g/mol. The molecule has 5 rings (SSSR count). The van der Waals surface area contributed by atoms with Crippen LogP contribution < -0.4 is 14.8 Å². The molecule has 1 aliphatic heterocycles. The van der Waals surface area contributed by atoms with Crippen LogP contribution in [0.5, 0.6) is 11.5 Å². The van der Waals surface area contributed by atoms with Crippen molar-refractivity contribution in [3.8, 4) is 22.1 Å². The summed E-state index contributed by atoms with van der Waals surface area (Å²) in [6.07, 6.45) is 1.56. The van der Waals surface area contributed by atoms with Gasteiger partial charge in [0, 0.05) is 18.2 Å². The zero-order valence-corrected chi connectivity index (χ0v) is 19.7. The molecule has 0 radical (unpaired) electrons. The van der Waals surface area contributed by atoms with E-state index in [4.69, 9.17) is 14.2 Å². The highest BCUT2D eigenvalue weighted by Gasteiger charge is 2.22. The summed E-state index contributed by atoms with van der Waals surface area (Å²) >= 11 is 1.50. The first-order chi connectivity index (χ1) is 16.9. The lowest BCUT2D eigenvalue weighted by molar-refractivity contribution is -0.119. The van der Waals surface area contributed by atoms with Gasteiger partial charge in [0.25, 0.3) is 5.91 Å². The van der Waals surface area contributed by atoms with E-state index in [1.807, 2.05) is 24.4 Å². The Balaban J connectivity index is 1.36. The van der Waals surface area contributed by atoms with Crippen molar-refractivity contribution in [3.05, 3.63) is 53.0 Å². The van der Waals surface area contributed by atoms with Gasteiger partial charge in [-0.15, -0.1) is 11.3 Å². The molecule has 0 atom stereocenters. The third-order valence-corrected chi connectivity index (χ3v) is 6.30. The predicted octanol–water partition coefficient (Wildman–Crippen LogP) is 3.91. The Kier molecular flexibility index (Phi) is 5.91. The number of hydrogen-bond acceptors (Lipinski definition) is 9. The smallest absolute Gasteiger partial charge is 0.339 e. The Labute approximate surface area is 203 Å². The third kappa shape index (κ3) is 4.33. The fourth-order valence-corrected chi connectivity index (χ4v) is 4.42. The molecule has 35 heavy (non-hydrogen) atoms. The molecule has 4 heterocycles. The minimum Gasteiger partial charge on any atom is -0.454 e. The minimum absolute atomic E-state index is 0.0319. The van der Waals surface area contributed by atoms with Gasteiger partial charge >= 0.3 is 5.97 Å². The number of ketones is 1. The zero-order valence-electron chi connectivity index (χ0n) is 18.9. The summed E-state index contributed by atoms with van der Waals surface area (Å²) < 4.78 is 17.6. The van der Waals surface area contributed by atoms with Crippen LogP contribution in [0.2, 0.25) is 0 Å². The van der Waals surface area contributed by atoms with E-state index in [1.165, 1.54) is 30.4 Å². The van der Waals surface area contributed by atoms with Gasteiger partial charge in [-0.2, -0.15) is 5.10 Å². The highest BCUT2D eigenvalue weighted by Crippen LogP contribution is 2.37. The second-order valence-corrected chi connectivity index (χ2v) is 8.61. The van der Waals surface area contributed by atoms with E-state index < -0.39 is 18.5 Å². The molecular formula is C24H20N4O6S. The molecule has 0 saturated heterocycles. The molecule has 0 fully saturated rings. The Morgan fingerprint density at radius 3 is 2.69 bits per heavy atom. The summed E-state index contributed by atoms with van der Waals surface area (Å²) in [5, 5.41) is 9.37. The van der Waals surface area contributed by atoms with E-state index in [1.54, 1.807) is 16.9 Å². The Bertz CT molecular complexity index is 1460. The largest absolute Gasteiger partial charge is 0.454 e. The fourth-order valence-electron chi connectivity index (χ4n) is 3.73. The number of nitrogens with zero attached hydrogens (tertiary/aromatic N) is 3. The van der Waals surface area contributed by atoms with Crippen LogP contribution in [0.4, 0.5) is 5.69 Å². The molecule has 4 aromatic rings. The standard InChI is InChI=1S/C24H20N4O6S/c1-3-28-23-16(10-25-28)15(7-18(27-23)21-5-4-6-35-21)24(31)32-11-22(30)26-17-9-20-19(33-12-34-20)8-14(17)13(2)29/h4-10H,3,11-12H2,1-2H3,(H,26,30). The predicted molar refractivity (Wildman–Crippen MR) is 128 cm³/mol. The van der Waals surface area contributed by atoms with Gasteiger partial charge < -0.3 is 19.5 Å². The molecule has 0 saturated carbocycles. The third-order valence-electron chi connectivity index (χ3n) is 5.40. The van der Waals surface area contributed by atoms with Crippen LogP contribution in [0.1, 0.15) is 34.6 Å². The number of fused-ring (bicyclic) bond motifs is 2. The maximum atomic E-state index is 13.0. The van der Waals surface area contributed by atoms with E-state index >= 15 is 0 Å². The summed E-state index contributed by atoms with van der Waals surface area (Å²) in [6, 6.07) is 8.47. The first kappa shape index (κ1) is 22.5. The van der Waals surface area contributed by atoms with Gasteiger partial charge in [0.05, 0.1) is 33.4 Å². The molecule has 0 spiro atoms. The van der Waals surface area contributed by atoms with Crippen molar-refractivity contribution in [2.24, 2.45) is 0 Å². The number of Topliss-reactive ketones (excluding diaryl/α,β-unsaturated/α-hetero) is 1.